The van der Waals surface area contributed by atoms with Gasteiger partial charge in [0.25, 0.3) is 0 Å². The first-order valence-corrected chi connectivity index (χ1v) is 7.33. The first-order valence-electron chi connectivity index (χ1n) is 6.07. The van der Waals surface area contributed by atoms with Crippen molar-refractivity contribution in [3.05, 3.63) is 22.7 Å². The number of anilines is 1. The highest BCUT2D eigenvalue weighted by Crippen LogP contribution is 2.32. The predicted octanol–water partition coefficient (Wildman–Crippen LogP) is 3.41. The monoisotopic (exact) mass is 297 g/mol. The Labute approximate surface area is 121 Å². The molecule has 0 aliphatic rings. The van der Waals surface area contributed by atoms with Gasteiger partial charge in [-0.25, -0.2) is 4.98 Å². The first kappa shape index (κ1) is 14.2. The van der Waals surface area contributed by atoms with Crippen molar-refractivity contribution < 1.29 is 4.79 Å². The highest BCUT2D eigenvalue weighted by Gasteiger charge is 2.28. The zero-order valence-electron chi connectivity index (χ0n) is 10.9. The molecule has 0 bridgehead atoms. The molecule has 2 aromatic rings. The number of rotatable bonds is 4. The number of halogens is 1. The number of carbonyl (C=O) groups is 1. The zero-order valence-corrected chi connectivity index (χ0v) is 12.4. The zero-order chi connectivity index (χ0) is 14.0. The highest BCUT2D eigenvalue weighted by molar-refractivity contribution is 7.16. The SMILES string of the molecule is CCCC(C)(N)C(=O)Nc1c(Cl)ccc2scnc12. The van der Waals surface area contributed by atoms with Gasteiger partial charge in [0.1, 0.15) is 5.52 Å². The van der Waals surface area contributed by atoms with Crippen molar-refractivity contribution in [1.82, 2.24) is 4.98 Å². The smallest absolute Gasteiger partial charge is 0.244 e. The van der Waals surface area contributed by atoms with E-state index < -0.39 is 5.54 Å². The average molecular weight is 298 g/mol. The van der Waals surface area contributed by atoms with Crippen molar-refractivity contribution in [3.63, 3.8) is 0 Å². The first-order chi connectivity index (χ1) is 8.95. The third-order valence-corrected chi connectivity index (χ3v) is 4.09. The molecule has 3 N–H and O–H groups in total. The van der Waals surface area contributed by atoms with E-state index in [1.165, 1.54) is 11.3 Å². The maximum absolute atomic E-state index is 12.2. The molecular formula is C13H16ClN3OS. The van der Waals surface area contributed by atoms with Gasteiger partial charge in [0.15, 0.2) is 0 Å². The van der Waals surface area contributed by atoms with Crippen LogP contribution >= 0.6 is 22.9 Å². The Bertz CT molecular complexity index is 609. The van der Waals surface area contributed by atoms with Crippen LogP contribution in [0, 0.1) is 0 Å². The molecule has 1 unspecified atom stereocenters. The minimum atomic E-state index is -0.906. The fourth-order valence-corrected chi connectivity index (χ4v) is 2.80. The summed E-state index contributed by atoms with van der Waals surface area (Å²) < 4.78 is 0.980. The van der Waals surface area contributed by atoms with Gasteiger partial charge in [-0.1, -0.05) is 24.9 Å². The van der Waals surface area contributed by atoms with Crippen LogP contribution < -0.4 is 11.1 Å². The van der Waals surface area contributed by atoms with Crippen LogP contribution in [0.4, 0.5) is 5.69 Å². The van der Waals surface area contributed by atoms with Gasteiger partial charge in [0.05, 0.1) is 26.5 Å². The molecule has 0 aliphatic carbocycles. The lowest BCUT2D eigenvalue weighted by atomic mass is 9.96. The number of fused-ring (bicyclic) bond motifs is 1. The largest absolute Gasteiger partial charge is 0.321 e. The van der Waals surface area contributed by atoms with Crippen LogP contribution in [0.3, 0.4) is 0 Å². The van der Waals surface area contributed by atoms with Crippen LogP contribution in [0.25, 0.3) is 10.2 Å². The Kier molecular flexibility index (Phi) is 4.08. The van der Waals surface area contributed by atoms with Crippen molar-refractivity contribution in [3.8, 4) is 0 Å². The fourth-order valence-electron chi connectivity index (χ4n) is 1.91. The molecule has 0 saturated heterocycles. The number of hydrogen-bond donors (Lipinski definition) is 2. The van der Waals surface area contributed by atoms with Crippen molar-refractivity contribution in [2.24, 2.45) is 5.73 Å². The van der Waals surface area contributed by atoms with Gasteiger partial charge in [0, 0.05) is 0 Å². The Morgan fingerprint density at radius 3 is 3.00 bits per heavy atom. The normalized spacial score (nSPS) is 14.3. The van der Waals surface area contributed by atoms with E-state index in [0.29, 0.717) is 22.6 Å². The van der Waals surface area contributed by atoms with Crippen LogP contribution in [-0.2, 0) is 4.79 Å². The summed E-state index contributed by atoms with van der Waals surface area (Å²) in [5.74, 6) is -0.239. The fraction of sp³-hybridized carbons (Fsp3) is 0.385. The Morgan fingerprint density at radius 1 is 1.58 bits per heavy atom. The summed E-state index contributed by atoms with van der Waals surface area (Å²) >= 11 is 7.64. The van der Waals surface area contributed by atoms with E-state index in [0.717, 1.165) is 11.1 Å². The number of nitrogens with one attached hydrogen (secondary N) is 1. The molecule has 0 radical (unpaired) electrons. The van der Waals surface area contributed by atoms with Gasteiger partial charge in [-0.05, 0) is 25.5 Å². The van der Waals surface area contributed by atoms with E-state index in [9.17, 15) is 4.79 Å². The van der Waals surface area contributed by atoms with E-state index in [2.05, 4.69) is 10.3 Å². The summed E-state index contributed by atoms with van der Waals surface area (Å²) in [5.41, 5.74) is 8.08. The van der Waals surface area contributed by atoms with Crippen LogP contribution in [0.2, 0.25) is 5.02 Å². The average Bonchev–Trinajstić information content (AvgIpc) is 2.81. The quantitative estimate of drug-likeness (QED) is 0.909. The Morgan fingerprint density at radius 2 is 2.32 bits per heavy atom. The van der Waals surface area contributed by atoms with Crippen molar-refractivity contribution in [1.29, 1.82) is 0 Å². The summed E-state index contributed by atoms with van der Waals surface area (Å²) in [6.45, 7) is 3.72. The number of benzene rings is 1. The molecule has 1 aromatic heterocycles. The van der Waals surface area contributed by atoms with Crippen molar-refractivity contribution >= 4 is 44.7 Å². The lowest BCUT2D eigenvalue weighted by molar-refractivity contribution is -0.120. The van der Waals surface area contributed by atoms with Gasteiger partial charge in [0.2, 0.25) is 5.91 Å². The van der Waals surface area contributed by atoms with Crippen LogP contribution in [-0.4, -0.2) is 16.4 Å². The minimum absolute atomic E-state index is 0.239. The molecule has 102 valence electrons. The van der Waals surface area contributed by atoms with E-state index in [1.54, 1.807) is 18.5 Å². The van der Waals surface area contributed by atoms with Crippen molar-refractivity contribution in [2.75, 3.05) is 5.32 Å². The standard InChI is InChI=1S/C13H16ClN3OS/c1-3-6-13(2,15)12(18)17-10-8(14)4-5-9-11(10)16-7-19-9/h4-5,7H,3,6,15H2,1-2H3,(H,17,18). The molecule has 0 aliphatic heterocycles. The number of nitrogens with zero attached hydrogens (tertiary/aromatic N) is 1. The van der Waals surface area contributed by atoms with Gasteiger partial charge in [-0.3, -0.25) is 4.79 Å². The summed E-state index contributed by atoms with van der Waals surface area (Å²) in [6, 6.07) is 3.64. The Hall–Kier alpha value is -1.17. The molecule has 2 rings (SSSR count). The molecule has 0 spiro atoms. The Balaban J connectivity index is 2.33. The molecule has 0 fully saturated rings. The number of aromatic nitrogens is 1. The molecule has 6 heteroatoms. The third kappa shape index (κ3) is 2.88. The summed E-state index contributed by atoms with van der Waals surface area (Å²) in [4.78, 5) is 16.5. The lowest BCUT2D eigenvalue weighted by Gasteiger charge is -2.23. The third-order valence-electron chi connectivity index (χ3n) is 2.98. The predicted molar refractivity (Wildman–Crippen MR) is 80.8 cm³/mol. The molecular weight excluding hydrogens is 282 g/mol. The van der Waals surface area contributed by atoms with Crippen molar-refractivity contribution in [2.45, 2.75) is 32.2 Å². The van der Waals surface area contributed by atoms with Gasteiger partial charge in [-0.2, -0.15) is 0 Å². The van der Waals surface area contributed by atoms with Crippen LogP contribution in [0.5, 0.6) is 0 Å². The highest BCUT2D eigenvalue weighted by atomic mass is 35.5. The molecule has 19 heavy (non-hydrogen) atoms. The minimum Gasteiger partial charge on any atom is -0.321 e. The molecule has 0 saturated carbocycles. The maximum Gasteiger partial charge on any atom is 0.244 e. The molecule has 1 heterocycles. The van der Waals surface area contributed by atoms with Crippen LogP contribution in [0.15, 0.2) is 17.6 Å². The number of nitrogens with two attached hydrogens (primary N) is 1. The second-order valence-electron chi connectivity index (χ2n) is 4.74. The second kappa shape index (κ2) is 5.45. The summed E-state index contributed by atoms with van der Waals surface area (Å²) in [7, 11) is 0. The lowest BCUT2D eigenvalue weighted by Crippen LogP contribution is -2.48. The molecule has 1 amide bonds. The molecule has 4 nitrogen and oxygen atoms in total. The number of hydrogen-bond acceptors (Lipinski definition) is 4. The second-order valence-corrected chi connectivity index (χ2v) is 6.04. The number of amides is 1. The summed E-state index contributed by atoms with van der Waals surface area (Å²) in [6.07, 6.45) is 1.46. The summed E-state index contributed by atoms with van der Waals surface area (Å²) in [5, 5.41) is 3.28. The number of carbonyl (C=O) groups excluding carboxylic acids is 1. The van der Waals surface area contributed by atoms with Gasteiger partial charge >= 0.3 is 0 Å². The molecule has 1 atom stereocenters. The molecule has 1 aromatic carbocycles. The maximum atomic E-state index is 12.2. The van der Waals surface area contributed by atoms with E-state index >= 15 is 0 Å². The van der Waals surface area contributed by atoms with Crippen LogP contribution in [0.1, 0.15) is 26.7 Å². The number of thiazole rings is 1. The van der Waals surface area contributed by atoms with Gasteiger partial charge < -0.3 is 11.1 Å². The topological polar surface area (TPSA) is 68.0 Å². The van der Waals surface area contributed by atoms with E-state index in [-0.39, 0.29) is 5.91 Å². The van der Waals surface area contributed by atoms with E-state index in [1.807, 2.05) is 13.0 Å². The van der Waals surface area contributed by atoms with Gasteiger partial charge in [-0.15, -0.1) is 11.3 Å². The van der Waals surface area contributed by atoms with E-state index in [4.69, 9.17) is 17.3 Å².